The van der Waals surface area contributed by atoms with E-state index in [0.29, 0.717) is 13.0 Å². The Hall–Kier alpha value is -2.21. The highest BCUT2D eigenvalue weighted by Crippen LogP contribution is 2.39. The van der Waals surface area contributed by atoms with E-state index in [1.165, 1.54) is 30.3 Å². The average molecular weight is 367 g/mol. The number of carbonyl (C=O) groups is 1. The zero-order chi connectivity index (χ0) is 18.7. The van der Waals surface area contributed by atoms with Gasteiger partial charge in [0.1, 0.15) is 12.7 Å². The molecule has 2 saturated heterocycles. The van der Waals surface area contributed by atoms with Crippen LogP contribution in [0.2, 0.25) is 0 Å². The molecule has 1 atom stereocenters. The molecule has 144 valence electrons. The second-order valence-electron chi connectivity index (χ2n) is 8.28. The number of rotatable bonds is 5. The third-order valence-electron chi connectivity index (χ3n) is 6.04. The van der Waals surface area contributed by atoms with Crippen LogP contribution >= 0.6 is 0 Å². The van der Waals surface area contributed by atoms with Gasteiger partial charge in [-0.05, 0) is 38.3 Å². The lowest BCUT2D eigenvalue weighted by Crippen LogP contribution is -2.45. The molecule has 0 N–H and O–H groups in total. The molecular formula is C21H29N5O. The smallest absolute Gasteiger partial charge is 0.224 e. The summed E-state index contributed by atoms with van der Waals surface area (Å²) in [6.45, 7) is 7.86. The number of benzene rings is 1. The maximum atomic E-state index is 12.6. The van der Waals surface area contributed by atoms with Crippen molar-refractivity contribution >= 4 is 5.91 Å². The van der Waals surface area contributed by atoms with Gasteiger partial charge in [0.25, 0.3) is 0 Å². The summed E-state index contributed by atoms with van der Waals surface area (Å²) in [5.74, 6) is 0.248. The fourth-order valence-corrected chi connectivity index (χ4v) is 4.71. The quantitative estimate of drug-likeness (QED) is 0.815. The Morgan fingerprint density at radius 3 is 2.96 bits per heavy atom. The molecule has 0 bridgehead atoms. The number of likely N-dealkylation sites (tertiary alicyclic amines) is 2. The van der Waals surface area contributed by atoms with Crippen molar-refractivity contribution in [2.45, 2.75) is 45.7 Å². The largest absolute Gasteiger partial charge is 0.342 e. The van der Waals surface area contributed by atoms with E-state index in [9.17, 15) is 4.79 Å². The summed E-state index contributed by atoms with van der Waals surface area (Å²) in [7, 11) is 0. The van der Waals surface area contributed by atoms with Gasteiger partial charge in [-0.3, -0.25) is 14.4 Å². The summed E-state index contributed by atoms with van der Waals surface area (Å²) >= 11 is 0. The van der Waals surface area contributed by atoms with E-state index in [0.717, 1.165) is 39.1 Å². The second kappa shape index (κ2) is 7.80. The molecule has 0 radical (unpaired) electrons. The van der Waals surface area contributed by atoms with Crippen molar-refractivity contribution in [1.29, 1.82) is 0 Å². The van der Waals surface area contributed by atoms with Gasteiger partial charge in [0.2, 0.25) is 5.91 Å². The summed E-state index contributed by atoms with van der Waals surface area (Å²) in [6, 6.07) is 8.81. The number of hydrogen-bond acceptors (Lipinski definition) is 4. The van der Waals surface area contributed by atoms with Gasteiger partial charge in [-0.1, -0.05) is 29.8 Å². The van der Waals surface area contributed by atoms with Crippen molar-refractivity contribution in [1.82, 2.24) is 24.6 Å². The molecule has 1 unspecified atom stereocenters. The van der Waals surface area contributed by atoms with Crippen molar-refractivity contribution in [2.75, 3.05) is 26.2 Å². The molecular weight excluding hydrogens is 338 g/mol. The third-order valence-corrected chi connectivity index (χ3v) is 6.04. The van der Waals surface area contributed by atoms with Crippen LogP contribution in [-0.2, 0) is 17.9 Å². The highest BCUT2D eigenvalue weighted by molar-refractivity contribution is 5.76. The van der Waals surface area contributed by atoms with Gasteiger partial charge in [-0.15, -0.1) is 0 Å². The monoisotopic (exact) mass is 367 g/mol. The maximum absolute atomic E-state index is 12.6. The minimum absolute atomic E-state index is 0.248. The highest BCUT2D eigenvalue weighted by atomic mass is 16.2. The summed E-state index contributed by atoms with van der Waals surface area (Å²) < 4.78 is 1.73. The number of hydrogen-bond donors (Lipinski definition) is 0. The molecule has 0 saturated carbocycles. The van der Waals surface area contributed by atoms with E-state index >= 15 is 0 Å². The van der Waals surface area contributed by atoms with Crippen LogP contribution in [0.5, 0.6) is 0 Å². The van der Waals surface area contributed by atoms with Crippen LogP contribution in [0.25, 0.3) is 0 Å². The zero-order valence-electron chi connectivity index (χ0n) is 16.2. The fraction of sp³-hybridized carbons (Fsp3) is 0.571. The van der Waals surface area contributed by atoms with Crippen LogP contribution in [0.4, 0.5) is 0 Å². The average Bonchev–Trinajstić information content (AvgIpc) is 3.30. The number of amides is 1. The standard InChI is InChI=1S/C21H29N5O/c1-18-4-2-5-19(12-18)13-24-9-3-7-21(14-24)8-11-25(15-21)20(27)6-10-26-17-22-16-23-26/h2,4-5,12,16-17H,3,6-11,13-15H2,1H3. The Morgan fingerprint density at radius 2 is 2.15 bits per heavy atom. The Kier molecular flexibility index (Phi) is 5.25. The van der Waals surface area contributed by atoms with Gasteiger partial charge >= 0.3 is 0 Å². The van der Waals surface area contributed by atoms with Gasteiger partial charge in [-0.2, -0.15) is 5.10 Å². The summed E-state index contributed by atoms with van der Waals surface area (Å²) in [5.41, 5.74) is 3.00. The highest BCUT2D eigenvalue weighted by Gasteiger charge is 2.42. The molecule has 6 heteroatoms. The molecule has 0 aliphatic carbocycles. The molecule has 3 heterocycles. The van der Waals surface area contributed by atoms with E-state index in [1.807, 2.05) is 0 Å². The van der Waals surface area contributed by atoms with Crippen LogP contribution in [-0.4, -0.2) is 56.7 Å². The Morgan fingerprint density at radius 1 is 1.22 bits per heavy atom. The van der Waals surface area contributed by atoms with Crippen molar-refractivity contribution in [3.05, 3.63) is 48.0 Å². The van der Waals surface area contributed by atoms with E-state index in [-0.39, 0.29) is 11.3 Å². The van der Waals surface area contributed by atoms with Crippen molar-refractivity contribution < 1.29 is 4.79 Å². The van der Waals surface area contributed by atoms with E-state index in [4.69, 9.17) is 0 Å². The second-order valence-corrected chi connectivity index (χ2v) is 8.28. The predicted molar refractivity (Wildman–Crippen MR) is 104 cm³/mol. The van der Waals surface area contributed by atoms with Gasteiger partial charge in [0.15, 0.2) is 0 Å². The molecule has 6 nitrogen and oxygen atoms in total. The minimum atomic E-state index is 0.248. The Balaban J connectivity index is 1.32. The normalized spacial score (nSPS) is 23.2. The third kappa shape index (κ3) is 4.38. The first-order valence-corrected chi connectivity index (χ1v) is 10.0. The van der Waals surface area contributed by atoms with Crippen molar-refractivity contribution in [3.8, 4) is 0 Å². The zero-order valence-corrected chi connectivity index (χ0v) is 16.2. The predicted octanol–water partition coefficient (Wildman–Crippen LogP) is 2.49. The van der Waals surface area contributed by atoms with Gasteiger partial charge in [0, 0.05) is 38.0 Å². The first-order chi connectivity index (χ1) is 13.1. The van der Waals surface area contributed by atoms with E-state index in [2.05, 4.69) is 51.1 Å². The van der Waals surface area contributed by atoms with Crippen molar-refractivity contribution in [2.24, 2.45) is 5.41 Å². The number of aromatic nitrogens is 3. The first kappa shape index (κ1) is 18.2. The van der Waals surface area contributed by atoms with Crippen LogP contribution < -0.4 is 0 Å². The molecule has 4 rings (SSSR count). The molecule has 2 aromatic rings. The van der Waals surface area contributed by atoms with Gasteiger partial charge in [0.05, 0.1) is 6.54 Å². The molecule has 1 spiro atoms. The van der Waals surface area contributed by atoms with Crippen LogP contribution in [0, 0.1) is 12.3 Å². The molecule has 2 aliphatic rings. The SMILES string of the molecule is Cc1cccc(CN2CCCC3(CCN(C(=O)CCn4cncn4)C3)C2)c1. The number of aryl methyl sites for hydroxylation is 2. The lowest BCUT2D eigenvalue weighted by Gasteiger charge is -2.40. The number of nitrogens with zero attached hydrogens (tertiary/aromatic N) is 5. The Bertz CT molecular complexity index is 775. The maximum Gasteiger partial charge on any atom is 0.224 e. The van der Waals surface area contributed by atoms with Crippen LogP contribution in [0.3, 0.4) is 0 Å². The fourth-order valence-electron chi connectivity index (χ4n) is 4.71. The van der Waals surface area contributed by atoms with E-state index < -0.39 is 0 Å². The molecule has 27 heavy (non-hydrogen) atoms. The molecule has 1 aromatic heterocycles. The number of carbonyl (C=O) groups excluding carboxylic acids is 1. The van der Waals surface area contributed by atoms with Crippen molar-refractivity contribution in [3.63, 3.8) is 0 Å². The minimum Gasteiger partial charge on any atom is -0.342 e. The molecule has 2 aliphatic heterocycles. The molecule has 1 aromatic carbocycles. The number of piperidine rings is 1. The van der Waals surface area contributed by atoms with Crippen LogP contribution in [0.15, 0.2) is 36.9 Å². The lowest BCUT2D eigenvalue weighted by molar-refractivity contribution is -0.131. The van der Waals surface area contributed by atoms with E-state index in [1.54, 1.807) is 11.0 Å². The topological polar surface area (TPSA) is 54.3 Å². The lowest BCUT2D eigenvalue weighted by atomic mass is 9.79. The molecule has 2 fully saturated rings. The summed E-state index contributed by atoms with van der Waals surface area (Å²) in [5, 5.41) is 4.08. The first-order valence-electron chi connectivity index (χ1n) is 10.0. The Labute approximate surface area is 161 Å². The van der Waals surface area contributed by atoms with Crippen LogP contribution in [0.1, 0.15) is 36.8 Å². The summed E-state index contributed by atoms with van der Waals surface area (Å²) in [4.78, 5) is 21.2. The van der Waals surface area contributed by atoms with Gasteiger partial charge in [-0.25, -0.2) is 4.98 Å². The molecule has 1 amide bonds. The van der Waals surface area contributed by atoms with Gasteiger partial charge < -0.3 is 4.90 Å². The summed E-state index contributed by atoms with van der Waals surface area (Å²) in [6.07, 6.45) is 7.29.